The molecule has 0 spiro atoms. The number of rotatable bonds is 3. The van der Waals surface area contributed by atoms with Crippen LogP contribution in [-0.2, 0) is 0 Å². The van der Waals surface area contributed by atoms with Gasteiger partial charge in [0.25, 0.3) is 0 Å². The van der Waals surface area contributed by atoms with Crippen molar-refractivity contribution in [2.24, 2.45) is 0 Å². The highest BCUT2D eigenvalue weighted by atomic mass is 16.5. The number of nitrogens with one attached hydrogen (secondary N) is 1. The summed E-state index contributed by atoms with van der Waals surface area (Å²) in [7, 11) is 0. The van der Waals surface area contributed by atoms with Crippen LogP contribution in [-0.4, -0.2) is 19.2 Å². The van der Waals surface area contributed by atoms with Gasteiger partial charge in [0, 0.05) is 12.5 Å². The van der Waals surface area contributed by atoms with Crippen LogP contribution >= 0.6 is 0 Å². The number of ether oxygens (including phenoxy) is 1. The number of hydrogen-bond donors (Lipinski definition) is 1. The number of aryl methyl sites for hydroxylation is 1. The number of benzene rings is 1. The Morgan fingerprint density at radius 1 is 1.11 bits per heavy atom. The Labute approximate surface area is 116 Å². The van der Waals surface area contributed by atoms with Crippen LogP contribution in [0.4, 0.5) is 0 Å². The molecule has 1 saturated carbocycles. The molecule has 1 unspecified atom stereocenters. The molecule has 1 heterocycles. The molecule has 1 atom stereocenters. The third-order valence-corrected chi connectivity index (χ3v) is 4.79. The summed E-state index contributed by atoms with van der Waals surface area (Å²) in [4.78, 5) is 0. The second-order valence-corrected chi connectivity index (χ2v) is 6.14. The summed E-state index contributed by atoms with van der Waals surface area (Å²) in [6.07, 6.45) is 6.81. The maximum Gasteiger partial charge on any atom is 0.126 e. The standard InChI is InChI=1S/C17H25NO/c1-12-7-8-16(14-9-10-18-11-14)17(13(12)2)19-15-5-3-4-6-15/h7-8,14-15,18H,3-6,9-11H2,1-2H3. The maximum atomic E-state index is 6.40. The minimum absolute atomic E-state index is 0.452. The Morgan fingerprint density at radius 2 is 1.89 bits per heavy atom. The van der Waals surface area contributed by atoms with E-state index in [0.29, 0.717) is 12.0 Å². The zero-order valence-electron chi connectivity index (χ0n) is 12.2. The summed E-state index contributed by atoms with van der Waals surface area (Å²) in [6, 6.07) is 4.55. The molecule has 2 fully saturated rings. The topological polar surface area (TPSA) is 21.3 Å². The minimum Gasteiger partial charge on any atom is -0.490 e. The zero-order valence-corrected chi connectivity index (χ0v) is 12.2. The summed E-state index contributed by atoms with van der Waals surface area (Å²) >= 11 is 0. The fourth-order valence-corrected chi connectivity index (χ4v) is 3.38. The van der Waals surface area contributed by atoms with Gasteiger partial charge < -0.3 is 10.1 Å². The lowest BCUT2D eigenvalue weighted by Crippen LogP contribution is -2.15. The fourth-order valence-electron chi connectivity index (χ4n) is 3.38. The van der Waals surface area contributed by atoms with Gasteiger partial charge in [-0.1, -0.05) is 12.1 Å². The van der Waals surface area contributed by atoms with E-state index >= 15 is 0 Å². The molecule has 1 aromatic carbocycles. The van der Waals surface area contributed by atoms with Crippen molar-refractivity contribution in [2.45, 2.75) is 58.0 Å². The molecule has 1 aliphatic heterocycles. The highest BCUT2D eigenvalue weighted by Crippen LogP contribution is 2.37. The summed E-state index contributed by atoms with van der Waals surface area (Å²) in [5, 5.41) is 3.47. The van der Waals surface area contributed by atoms with Crippen LogP contribution in [0.25, 0.3) is 0 Å². The third-order valence-electron chi connectivity index (χ3n) is 4.79. The van der Waals surface area contributed by atoms with Crippen LogP contribution in [0.5, 0.6) is 5.75 Å². The Kier molecular flexibility index (Phi) is 3.79. The van der Waals surface area contributed by atoms with Crippen molar-refractivity contribution < 1.29 is 4.74 Å². The molecule has 1 aliphatic carbocycles. The maximum absolute atomic E-state index is 6.40. The fraction of sp³-hybridized carbons (Fsp3) is 0.647. The monoisotopic (exact) mass is 259 g/mol. The first-order valence-corrected chi connectivity index (χ1v) is 7.73. The quantitative estimate of drug-likeness (QED) is 0.893. The van der Waals surface area contributed by atoms with E-state index in [9.17, 15) is 0 Å². The normalized spacial score (nSPS) is 24.0. The van der Waals surface area contributed by atoms with Gasteiger partial charge in [0.1, 0.15) is 5.75 Å². The lowest BCUT2D eigenvalue weighted by molar-refractivity contribution is 0.205. The van der Waals surface area contributed by atoms with E-state index in [2.05, 4.69) is 31.3 Å². The van der Waals surface area contributed by atoms with Crippen LogP contribution in [0.1, 0.15) is 54.7 Å². The van der Waals surface area contributed by atoms with Crippen LogP contribution < -0.4 is 10.1 Å². The average molecular weight is 259 g/mol. The van der Waals surface area contributed by atoms with Gasteiger partial charge in [0.05, 0.1) is 6.10 Å². The molecule has 1 saturated heterocycles. The van der Waals surface area contributed by atoms with Crippen molar-refractivity contribution in [1.29, 1.82) is 0 Å². The smallest absolute Gasteiger partial charge is 0.126 e. The largest absolute Gasteiger partial charge is 0.490 e. The second-order valence-electron chi connectivity index (χ2n) is 6.14. The highest BCUT2D eigenvalue weighted by molar-refractivity contribution is 5.47. The van der Waals surface area contributed by atoms with Crippen molar-refractivity contribution in [1.82, 2.24) is 5.32 Å². The Hall–Kier alpha value is -1.02. The van der Waals surface area contributed by atoms with Gasteiger partial charge in [-0.3, -0.25) is 0 Å². The van der Waals surface area contributed by atoms with Gasteiger partial charge in [0.2, 0.25) is 0 Å². The van der Waals surface area contributed by atoms with Crippen molar-refractivity contribution in [3.63, 3.8) is 0 Å². The van der Waals surface area contributed by atoms with E-state index in [0.717, 1.165) is 13.1 Å². The van der Waals surface area contributed by atoms with E-state index in [-0.39, 0.29) is 0 Å². The van der Waals surface area contributed by atoms with Gasteiger partial charge >= 0.3 is 0 Å². The summed E-state index contributed by atoms with van der Waals surface area (Å²) in [5.74, 6) is 1.83. The predicted molar refractivity (Wildman–Crippen MR) is 79.0 cm³/mol. The molecule has 0 radical (unpaired) electrons. The van der Waals surface area contributed by atoms with Gasteiger partial charge in [0.15, 0.2) is 0 Å². The van der Waals surface area contributed by atoms with Crippen molar-refractivity contribution in [2.75, 3.05) is 13.1 Å². The van der Waals surface area contributed by atoms with Crippen molar-refractivity contribution in [3.05, 3.63) is 28.8 Å². The number of hydrogen-bond acceptors (Lipinski definition) is 2. The third kappa shape index (κ3) is 2.64. The molecule has 104 valence electrons. The van der Waals surface area contributed by atoms with Crippen LogP contribution in [0.3, 0.4) is 0 Å². The first-order valence-electron chi connectivity index (χ1n) is 7.73. The molecule has 0 amide bonds. The summed E-state index contributed by atoms with van der Waals surface area (Å²) < 4.78 is 6.40. The molecular formula is C17H25NO. The van der Waals surface area contributed by atoms with Crippen LogP contribution in [0.2, 0.25) is 0 Å². The van der Waals surface area contributed by atoms with E-state index in [1.54, 1.807) is 0 Å². The molecule has 2 nitrogen and oxygen atoms in total. The van der Waals surface area contributed by atoms with Crippen LogP contribution in [0, 0.1) is 13.8 Å². The molecule has 3 rings (SSSR count). The molecule has 1 N–H and O–H groups in total. The molecule has 2 heteroatoms. The molecule has 19 heavy (non-hydrogen) atoms. The van der Waals surface area contributed by atoms with Gasteiger partial charge in [-0.25, -0.2) is 0 Å². The van der Waals surface area contributed by atoms with E-state index in [1.165, 1.54) is 54.5 Å². The molecule has 0 aromatic heterocycles. The van der Waals surface area contributed by atoms with Crippen molar-refractivity contribution >= 4 is 0 Å². The van der Waals surface area contributed by atoms with Gasteiger partial charge in [-0.2, -0.15) is 0 Å². The Morgan fingerprint density at radius 3 is 2.58 bits per heavy atom. The van der Waals surface area contributed by atoms with E-state index < -0.39 is 0 Å². The van der Waals surface area contributed by atoms with E-state index in [1.807, 2.05) is 0 Å². The summed E-state index contributed by atoms with van der Waals surface area (Å²) in [5.41, 5.74) is 4.12. The second kappa shape index (κ2) is 5.54. The molecule has 0 bridgehead atoms. The average Bonchev–Trinajstić information content (AvgIpc) is 3.08. The Balaban J connectivity index is 1.90. The molecule has 1 aromatic rings. The lowest BCUT2D eigenvalue weighted by atomic mass is 9.93. The SMILES string of the molecule is Cc1ccc(C2CCNC2)c(OC2CCCC2)c1C. The van der Waals surface area contributed by atoms with Crippen LogP contribution in [0.15, 0.2) is 12.1 Å². The first-order chi connectivity index (χ1) is 9.25. The lowest BCUT2D eigenvalue weighted by Gasteiger charge is -2.22. The highest BCUT2D eigenvalue weighted by Gasteiger charge is 2.25. The van der Waals surface area contributed by atoms with Gasteiger partial charge in [-0.15, -0.1) is 0 Å². The minimum atomic E-state index is 0.452. The summed E-state index contributed by atoms with van der Waals surface area (Å²) in [6.45, 7) is 6.64. The van der Waals surface area contributed by atoms with Gasteiger partial charge in [-0.05, 0) is 69.2 Å². The van der Waals surface area contributed by atoms with Crippen molar-refractivity contribution in [3.8, 4) is 5.75 Å². The zero-order chi connectivity index (χ0) is 13.2. The first kappa shape index (κ1) is 13.0. The Bertz CT molecular complexity index is 443. The van der Waals surface area contributed by atoms with E-state index in [4.69, 9.17) is 4.74 Å². The predicted octanol–water partition coefficient (Wildman–Crippen LogP) is 3.70. The molecule has 2 aliphatic rings. The molecular weight excluding hydrogens is 234 g/mol.